The Morgan fingerprint density at radius 3 is 2.43 bits per heavy atom. The number of amides is 2. The van der Waals surface area contributed by atoms with Gasteiger partial charge in [0.25, 0.3) is 5.91 Å². The molecule has 1 aliphatic heterocycles. The van der Waals surface area contributed by atoms with Crippen molar-refractivity contribution in [1.82, 2.24) is 9.80 Å². The van der Waals surface area contributed by atoms with E-state index in [9.17, 15) is 9.59 Å². The Kier molecular flexibility index (Phi) is 5.92. The summed E-state index contributed by atoms with van der Waals surface area (Å²) in [6.07, 6.45) is 0. The van der Waals surface area contributed by atoms with Crippen LogP contribution in [0.25, 0.3) is 11.0 Å². The normalized spacial score (nSPS) is 14.8. The van der Waals surface area contributed by atoms with Crippen LogP contribution in [-0.2, 0) is 4.79 Å². The lowest BCUT2D eigenvalue weighted by Crippen LogP contribution is -2.50. The zero-order chi connectivity index (χ0) is 21.3. The van der Waals surface area contributed by atoms with Crippen molar-refractivity contribution in [3.8, 4) is 0 Å². The lowest BCUT2D eigenvalue weighted by Gasteiger charge is -2.33. The van der Waals surface area contributed by atoms with E-state index in [0.29, 0.717) is 44.1 Å². The molecule has 2 aromatic carbocycles. The van der Waals surface area contributed by atoms with E-state index in [2.05, 4.69) is 26.1 Å². The van der Waals surface area contributed by atoms with Crippen molar-refractivity contribution in [2.45, 2.75) is 13.8 Å². The van der Waals surface area contributed by atoms with Gasteiger partial charge in [-0.3, -0.25) is 14.5 Å². The smallest absolute Gasteiger partial charge is 0.289 e. The molecule has 0 bridgehead atoms. The fourth-order valence-electron chi connectivity index (χ4n) is 3.69. The monoisotopic (exact) mass is 469 g/mol. The lowest BCUT2D eigenvalue weighted by molar-refractivity contribution is -0.117. The Hall–Kier alpha value is -2.64. The van der Waals surface area contributed by atoms with Gasteiger partial charge in [0.2, 0.25) is 5.91 Å². The number of benzene rings is 2. The Balaban J connectivity index is 1.34. The van der Waals surface area contributed by atoms with E-state index >= 15 is 0 Å². The molecule has 0 saturated carbocycles. The molecule has 7 heteroatoms. The topological polar surface area (TPSA) is 65.8 Å². The molecule has 2 amide bonds. The number of hydrogen-bond donors (Lipinski definition) is 1. The van der Waals surface area contributed by atoms with Crippen LogP contribution in [0.1, 0.15) is 21.7 Å². The summed E-state index contributed by atoms with van der Waals surface area (Å²) < 4.78 is 6.80. The molecule has 156 valence electrons. The van der Waals surface area contributed by atoms with Crippen molar-refractivity contribution in [3.63, 3.8) is 0 Å². The molecule has 3 aromatic rings. The predicted molar refractivity (Wildman–Crippen MR) is 121 cm³/mol. The molecule has 0 aliphatic carbocycles. The van der Waals surface area contributed by atoms with E-state index in [4.69, 9.17) is 4.42 Å². The minimum atomic E-state index is -0.0939. The summed E-state index contributed by atoms with van der Waals surface area (Å²) >= 11 is 3.46. The number of fused-ring (bicyclic) bond motifs is 1. The van der Waals surface area contributed by atoms with E-state index in [1.165, 1.54) is 0 Å². The van der Waals surface area contributed by atoms with Crippen molar-refractivity contribution in [2.24, 2.45) is 0 Å². The minimum absolute atomic E-state index is 0.0441. The van der Waals surface area contributed by atoms with Gasteiger partial charge in [-0.15, -0.1) is 0 Å². The molecule has 6 nitrogen and oxygen atoms in total. The van der Waals surface area contributed by atoms with Gasteiger partial charge in [-0.1, -0.05) is 33.6 Å². The summed E-state index contributed by atoms with van der Waals surface area (Å²) in [5.74, 6) is 0.259. The third kappa shape index (κ3) is 4.42. The number of nitrogens with zero attached hydrogens (tertiary/aromatic N) is 2. The zero-order valence-electron chi connectivity index (χ0n) is 17.1. The fraction of sp³-hybridized carbons (Fsp3) is 0.304. The number of hydrogen-bond acceptors (Lipinski definition) is 4. The molecule has 1 fully saturated rings. The highest BCUT2D eigenvalue weighted by molar-refractivity contribution is 9.10. The lowest BCUT2D eigenvalue weighted by atomic mass is 10.1. The maximum Gasteiger partial charge on any atom is 0.289 e. The van der Waals surface area contributed by atoms with Gasteiger partial charge in [0.15, 0.2) is 5.76 Å². The van der Waals surface area contributed by atoms with E-state index in [1.54, 1.807) is 4.90 Å². The summed E-state index contributed by atoms with van der Waals surface area (Å²) in [5, 5.41) is 3.87. The Labute approximate surface area is 184 Å². The first-order valence-electron chi connectivity index (χ1n) is 9.97. The van der Waals surface area contributed by atoms with Crippen molar-refractivity contribution < 1.29 is 14.0 Å². The first-order chi connectivity index (χ1) is 14.4. The quantitative estimate of drug-likeness (QED) is 0.621. The standard InChI is InChI=1S/C23H24BrN3O3/c1-15-3-6-18(7-4-15)25-21(28)14-26-9-11-27(12-10-26)23(29)22-16(2)19-13-17(24)5-8-20(19)30-22/h3-8,13H,9-12,14H2,1-2H3,(H,25,28). The van der Waals surface area contributed by atoms with Crippen molar-refractivity contribution in [3.05, 3.63) is 63.8 Å². The summed E-state index contributed by atoms with van der Waals surface area (Å²) in [6.45, 7) is 6.67. The average molecular weight is 470 g/mol. The van der Waals surface area contributed by atoms with Crippen LogP contribution in [0.15, 0.2) is 51.4 Å². The van der Waals surface area contributed by atoms with Crippen LogP contribution in [0.3, 0.4) is 0 Å². The van der Waals surface area contributed by atoms with Gasteiger partial charge in [0.05, 0.1) is 6.54 Å². The van der Waals surface area contributed by atoms with E-state index in [-0.39, 0.29) is 11.8 Å². The summed E-state index contributed by atoms with van der Waals surface area (Å²) in [5.41, 5.74) is 3.52. The SMILES string of the molecule is Cc1ccc(NC(=O)CN2CCN(C(=O)c3oc4ccc(Br)cc4c3C)CC2)cc1. The summed E-state index contributed by atoms with van der Waals surface area (Å²) in [7, 11) is 0. The van der Waals surface area contributed by atoms with Crippen molar-refractivity contribution in [1.29, 1.82) is 0 Å². The molecule has 1 saturated heterocycles. The predicted octanol–water partition coefficient (Wildman–Crippen LogP) is 4.21. The van der Waals surface area contributed by atoms with Gasteiger partial charge in [-0.25, -0.2) is 0 Å². The zero-order valence-corrected chi connectivity index (χ0v) is 18.7. The van der Waals surface area contributed by atoms with Gasteiger partial charge < -0.3 is 14.6 Å². The van der Waals surface area contributed by atoms with Gasteiger partial charge in [0, 0.05) is 47.3 Å². The Morgan fingerprint density at radius 1 is 1.03 bits per heavy atom. The third-order valence-corrected chi connectivity index (χ3v) is 5.95. The van der Waals surface area contributed by atoms with Crippen LogP contribution in [0.2, 0.25) is 0 Å². The molecule has 0 radical (unpaired) electrons. The van der Waals surface area contributed by atoms with Crippen molar-refractivity contribution in [2.75, 3.05) is 38.0 Å². The maximum atomic E-state index is 13.0. The molecule has 30 heavy (non-hydrogen) atoms. The molecule has 0 spiro atoms. The Bertz CT molecular complexity index is 1080. The third-order valence-electron chi connectivity index (χ3n) is 5.45. The second kappa shape index (κ2) is 8.62. The second-order valence-electron chi connectivity index (χ2n) is 7.68. The number of aryl methyl sites for hydroxylation is 2. The molecule has 1 N–H and O–H groups in total. The van der Waals surface area contributed by atoms with Crippen LogP contribution in [0.4, 0.5) is 5.69 Å². The fourth-order valence-corrected chi connectivity index (χ4v) is 4.05. The van der Waals surface area contributed by atoms with E-state index in [1.807, 2.05) is 56.3 Å². The van der Waals surface area contributed by atoms with E-state index in [0.717, 1.165) is 26.7 Å². The molecule has 0 atom stereocenters. The molecular formula is C23H24BrN3O3. The largest absolute Gasteiger partial charge is 0.451 e. The van der Waals surface area contributed by atoms with Crippen LogP contribution >= 0.6 is 15.9 Å². The van der Waals surface area contributed by atoms with Gasteiger partial charge in [0.1, 0.15) is 5.58 Å². The van der Waals surface area contributed by atoms with E-state index < -0.39 is 0 Å². The molecular weight excluding hydrogens is 446 g/mol. The number of nitrogens with one attached hydrogen (secondary N) is 1. The number of halogens is 1. The minimum Gasteiger partial charge on any atom is -0.451 e. The Morgan fingerprint density at radius 2 is 1.73 bits per heavy atom. The van der Waals surface area contributed by atoms with Crippen LogP contribution in [0.5, 0.6) is 0 Å². The highest BCUT2D eigenvalue weighted by atomic mass is 79.9. The molecule has 2 heterocycles. The molecule has 1 aliphatic rings. The highest BCUT2D eigenvalue weighted by Crippen LogP contribution is 2.29. The highest BCUT2D eigenvalue weighted by Gasteiger charge is 2.27. The van der Waals surface area contributed by atoms with Crippen LogP contribution in [-0.4, -0.2) is 54.3 Å². The maximum absolute atomic E-state index is 13.0. The summed E-state index contributed by atoms with van der Waals surface area (Å²) in [6, 6.07) is 13.5. The van der Waals surface area contributed by atoms with Gasteiger partial charge in [-0.05, 0) is 44.2 Å². The molecule has 4 rings (SSSR count). The molecule has 1 aromatic heterocycles. The second-order valence-corrected chi connectivity index (χ2v) is 8.59. The van der Waals surface area contributed by atoms with Gasteiger partial charge in [-0.2, -0.15) is 0 Å². The van der Waals surface area contributed by atoms with Crippen molar-refractivity contribution >= 4 is 44.4 Å². The van der Waals surface area contributed by atoms with Crippen LogP contribution < -0.4 is 5.32 Å². The first-order valence-corrected chi connectivity index (χ1v) is 10.8. The van der Waals surface area contributed by atoms with Crippen LogP contribution in [0, 0.1) is 13.8 Å². The number of furan rings is 1. The average Bonchev–Trinajstić information content (AvgIpc) is 3.06. The first kappa shape index (κ1) is 20.6. The number of rotatable bonds is 4. The number of piperazine rings is 1. The number of carbonyl (C=O) groups is 2. The van der Waals surface area contributed by atoms with Gasteiger partial charge >= 0.3 is 0 Å². The number of anilines is 1. The summed E-state index contributed by atoms with van der Waals surface area (Å²) in [4.78, 5) is 29.2. The molecule has 0 unspecified atom stereocenters. The number of carbonyl (C=O) groups excluding carboxylic acids is 2.